The van der Waals surface area contributed by atoms with Crippen molar-refractivity contribution in [1.82, 2.24) is 0 Å². The molecule has 0 aromatic rings. The van der Waals surface area contributed by atoms with Crippen molar-refractivity contribution in [2.24, 2.45) is 5.73 Å². The molecule has 0 fully saturated rings. The molecule has 0 aromatic heterocycles. The Hall–Kier alpha value is 0.00870. The molecular weight excluding hydrogens is 185 g/mol. The number of nitrogens with two attached hydrogens (primary N) is 1. The molecule has 1 amide bonds. The Labute approximate surface area is 53.4 Å². The fourth-order valence-electron chi connectivity index (χ4n) is 0. The van der Waals surface area contributed by atoms with Gasteiger partial charge < -0.3 is 5.73 Å². The third-order valence-corrected chi connectivity index (χ3v) is 0.201. The van der Waals surface area contributed by atoms with E-state index in [1.807, 2.05) is 0 Å². The molecule has 0 spiro atoms. The quantitative estimate of drug-likeness (QED) is 0.430. The van der Waals surface area contributed by atoms with Crippen LogP contribution < -0.4 is 5.73 Å². The van der Waals surface area contributed by atoms with Crippen LogP contribution in [-0.2, 0) is 4.79 Å². The number of carbonyl (C=O) groups is 1. The van der Waals surface area contributed by atoms with Crippen molar-refractivity contribution in [3.05, 3.63) is 12.7 Å². The van der Waals surface area contributed by atoms with Crippen molar-refractivity contribution >= 4 is 29.8 Å². The van der Waals surface area contributed by atoms with Crippen molar-refractivity contribution in [2.75, 3.05) is 0 Å². The van der Waals surface area contributed by atoms with E-state index in [0.29, 0.717) is 0 Å². The summed E-state index contributed by atoms with van der Waals surface area (Å²) in [6.07, 6.45) is 1.06. The maximum atomic E-state index is 9.47. The molecule has 0 unspecified atom stereocenters. The van der Waals surface area contributed by atoms with E-state index in [1.54, 1.807) is 0 Å². The van der Waals surface area contributed by atoms with Crippen LogP contribution >= 0.6 is 0 Å². The molecule has 2 nitrogen and oxygen atoms in total. The minimum absolute atomic E-state index is 0. The smallest absolute Gasteiger partial charge is 0.240 e. The molecule has 0 aliphatic carbocycles. The molecule has 0 heterocycles. The van der Waals surface area contributed by atoms with Crippen molar-refractivity contribution < 1.29 is 4.79 Å². The van der Waals surface area contributed by atoms with Gasteiger partial charge >= 0.3 is 0 Å². The fraction of sp³-hybridized carbons (Fsp3) is 0. The first-order chi connectivity index (χ1) is 2.27. The van der Waals surface area contributed by atoms with Gasteiger partial charge in [0.1, 0.15) is 0 Å². The van der Waals surface area contributed by atoms with Gasteiger partial charge in [0.15, 0.2) is 0 Å². The monoisotopic (exact) mass is 191 g/mol. The van der Waals surface area contributed by atoms with Crippen LogP contribution in [0.2, 0.25) is 0 Å². The summed E-state index contributed by atoms with van der Waals surface area (Å²) < 4.78 is 0. The molecular formula is C3H5NOSn. The average Bonchev–Trinajstić information content (AvgIpc) is 1.38. The fourth-order valence-corrected chi connectivity index (χ4v) is 0. The van der Waals surface area contributed by atoms with Crippen molar-refractivity contribution in [3.63, 3.8) is 0 Å². The van der Waals surface area contributed by atoms with Crippen LogP contribution in [0.1, 0.15) is 0 Å². The van der Waals surface area contributed by atoms with Gasteiger partial charge in [-0.2, -0.15) is 0 Å². The molecule has 6 heavy (non-hydrogen) atoms. The van der Waals surface area contributed by atoms with Crippen molar-refractivity contribution in [3.8, 4) is 0 Å². The van der Waals surface area contributed by atoms with E-state index in [9.17, 15) is 4.79 Å². The second-order valence-electron chi connectivity index (χ2n) is 0.606. The van der Waals surface area contributed by atoms with E-state index in [2.05, 4.69) is 12.3 Å². The van der Waals surface area contributed by atoms with Gasteiger partial charge in [-0.15, -0.1) is 0 Å². The maximum Gasteiger partial charge on any atom is 0.240 e. The predicted molar refractivity (Wildman–Crippen MR) is 25.1 cm³/mol. The molecule has 0 bridgehead atoms. The number of hydrogen-bond acceptors (Lipinski definition) is 1. The topological polar surface area (TPSA) is 43.1 Å². The molecule has 0 saturated carbocycles. The number of hydrogen-bond donors (Lipinski definition) is 1. The first-order valence-electron chi connectivity index (χ1n) is 1.19. The van der Waals surface area contributed by atoms with Crippen molar-refractivity contribution in [2.45, 2.75) is 0 Å². The number of amides is 1. The Bertz CT molecular complexity index is 61.8. The minimum Gasteiger partial charge on any atom is -0.366 e. The second kappa shape index (κ2) is 5.01. The standard InChI is InChI=1S/C3H5NO.Sn/c1-2-3(4)5;/h2H,1H2,(H2,4,5);. The van der Waals surface area contributed by atoms with Gasteiger partial charge in [0.2, 0.25) is 5.91 Å². The van der Waals surface area contributed by atoms with E-state index < -0.39 is 5.91 Å². The summed E-state index contributed by atoms with van der Waals surface area (Å²) in [7, 11) is 0. The van der Waals surface area contributed by atoms with Gasteiger partial charge in [0.25, 0.3) is 0 Å². The summed E-state index contributed by atoms with van der Waals surface area (Å²) in [5, 5.41) is 0. The maximum absolute atomic E-state index is 9.47. The summed E-state index contributed by atoms with van der Waals surface area (Å²) >= 11 is 0. The van der Waals surface area contributed by atoms with Crippen LogP contribution in [0.4, 0.5) is 0 Å². The molecule has 2 N–H and O–H groups in total. The molecule has 0 aliphatic heterocycles. The Morgan fingerprint density at radius 2 is 2.00 bits per heavy atom. The Balaban J connectivity index is 0. The zero-order chi connectivity index (χ0) is 4.28. The molecule has 0 saturated heterocycles. The Morgan fingerprint density at radius 1 is 1.83 bits per heavy atom. The molecule has 0 aliphatic rings. The third kappa shape index (κ3) is 8.99. The Morgan fingerprint density at radius 3 is 2.00 bits per heavy atom. The number of carbonyl (C=O) groups excluding carboxylic acids is 1. The van der Waals surface area contributed by atoms with Gasteiger partial charge in [0, 0.05) is 23.9 Å². The minimum atomic E-state index is -0.481. The molecule has 4 radical (unpaired) electrons. The van der Waals surface area contributed by atoms with Crippen molar-refractivity contribution in [1.29, 1.82) is 0 Å². The van der Waals surface area contributed by atoms with Crippen LogP contribution in [-0.4, -0.2) is 29.8 Å². The summed E-state index contributed by atoms with van der Waals surface area (Å²) in [5.41, 5.74) is 4.53. The molecule has 32 valence electrons. The van der Waals surface area contributed by atoms with E-state index in [1.165, 1.54) is 0 Å². The van der Waals surface area contributed by atoms with Crippen LogP contribution in [0.25, 0.3) is 0 Å². The third-order valence-electron chi connectivity index (χ3n) is 0.201. The van der Waals surface area contributed by atoms with Gasteiger partial charge in [0.05, 0.1) is 0 Å². The average molecular weight is 190 g/mol. The summed E-state index contributed by atoms with van der Waals surface area (Å²) in [6.45, 7) is 3.09. The SMILES string of the molecule is C=CC(N)=O.[Sn]. The predicted octanol–water partition coefficient (Wildman–Crippen LogP) is -0.723. The summed E-state index contributed by atoms with van der Waals surface area (Å²) in [4.78, 5) is 9.47. The van der Waals surface area contributed by atoms with E-state index in [4.69, 9.17) is 0 Å². The van der Waals surface area contributed by atoms with Crippen LogP contribution in [0.15, 0.2) is 12.7 Å². The normalized spacial score (nSPS) is 5.33. The van der Waals surface area contributed by atoms with E-state index in [0.717, 1.165) is 6.08 Å². The van der Waals surface area contributed by atoms with Crippen LogP contribution in [0.5, 0.6) is 0 Å². The van der Waals surface area contributed by atoms with Gasteiger partial charge in [-0.3, -0.25) is 4.79 Å². The molecule has 0 atom stereocenters. The summed E-state index contributed by atoms with van der Waals surface area (Å²) in [6, 6.07) is 0. The Kier molecular flexibility index (Phi) is 7.83. The van der Waals surface area contributed by atoms with Gasteiger partial charge in [-0.1, -0.05) is 6.58 Å². The number of primary amides is 1. The molecule has 0 rings (SSSR count). The zero-order valence-corrected chi connectivity index (χ0v) is 6.12. The first-order valence-corrected chi connectivity index (χ1v) is 1.19. The molecule has 0 aromatic carbocycles. The van der Waals surface area contributed by atoms with Gasteiger partial charge in [-0.05, 0) is 6.08 Å². The molecule has 3 heteroatoms. The zero-order valence-electron chi connectivity index (χ0n) is 3.27. The first kappa shape index (κ1) is 9.38. The van der Waals surface area contributed by atoms with Crippen LogP contribution in [0, 0.1) is 0 Å². The second-order valence-corrected chi connectivity index (χ2v) is 0.606. The largest absolute Gasteiger partial charge is 0.366 e. The van der Waals surface area contributed by atoms with Crippen LogP contribution in [0.3, 0.4) is 0 Å². The van der Waals surface area contributed by atoms with E-state index in [-0.39, 0.29) is 23.9 Å². The van der Waals surface area contributed by atoms with E-state index >= 15 is 0 Å². The number of rotatable bonds is 1. The summed E-state index contributed by atoms with van der Waals surface area (Å²) in [5.74, 6) is -0.481. The van der Waals surface area contributed by atoms with Gasteiger partial charge in [-0.25, -0.2) is 0 Å².